The molecule has 2 N–H and O–H groups in total. The molecule has 0 bridgehead atoms. The molecule has 0 aliphatic rings. The molecule has 1 aromatic carbocycles. The number of aromatic nitrogens is 1. The first-order valence-electron chi connectivity index (χ1n) is 5.84. The monoisotopic (exact) mass is 310 g/mol. The van der Waals surface area contributed by atoms with E-state index < -0.39 is 0 Å². The van der Waals surface area contributed by atoms with Gasteiger partial charge in [-0.05, 0) is 19.1 Å². The first kappa shape index (κ1) is 13.1. The van der Waals surface area contributed by atoms with Crippen molar-refractivity contribution < 1.29 is 9.90 Å². The van der Waals surface area contributed by atoms with E-state index in [0.717, 1.165) is 15.4 Å². The van der Waals surface area contributed by atoms with Crippen molar-refractivity contribution in [3.05, 3.63) is 34.4 Å². The topological polar surface area (TPSA) is 56.3 Å². The molecule has 18 heavy (non-hydrogen) atoms. The van der Waals surface area contributed by atoms with Crippen molar-refractivity contribution in [1.29, 1.82) is 0 Å². The van der Waals surface area contributed by atoms with Gasteiger partial charge in [0.2, 0.25) is 0 Å². The molecule has 1 heterocycles. The fourth-order valence-corrected chi connectivity index (χ4v) is 2.58. The van der Waals surface area contributed by atoms with Crippen molar-refractivity contribution in [3.8, 4) is 0 Å². The molecular formula is C13H15BrN2O2. The standard InChI is InChI=1S/C13H15BrN2O2/c1-2-16(6-7-17)13(18)9-8-15-11-5-3-4-10(14)12(9)11/h3-5,8,15,17H,2,6-7H2,1H3. The van der Waals surface area contributed by atoms with Gasteiger partial charge in [-0.3, -0.25) is 4.79 Å². The normalized spacial score (nSPS) is 10.8. The van der Waals surface area contributed by atoms with Crippen molar-refractivity contribution in [3.63, 3.8) is 0 Å². The van der Waals surface area contributed by atoms with Gasteiger partial charge in [0, 0.05) is 34.7 Å². The molecule has 0 fully saturated rings. The van der Waals surface area contributed by atoms with Gasteiger partial charge in [0.1, 0.15) is 0 Å². The average molecular weight is 311 g/mol. The lowest BCUT2D eigenvalue weighted by Crippen LogP contribution is -2.33. The largest absolute Gasteiger partial charge is 0.395 e. The number of likely N-dealkylation sites (N-methyl/N-ethyl adjacent to an activating group) is 1. The summed E-state index contributed by atoms with van der Waals surface area (Å²) in [5.41, 5.74) is 1.56. The minimum Gasteiger partial charge on any atom is -0.395 e. The van der Waals surface area contributed by atoms with Gasteiger partial charge >= 0.3 is 0 Å². The molecule has 96 valence electrons. The number of carbonyl (C=O) groups is 1. The van der Waals surface area contributed by atoms with E-state index in [1.807, 2.05) is 25.1 Å². The summed E-state index contributed by atoms with van der Waals surface area (Å²) in [6.45, 7) is 2.81. The van der Waals surface area contributed by atoms with Gasteiger partial charge in [-0.1, -0.05) is 22.0 Å². The van der Waals surface area contributed by atoms with Crippen LogP contribution in [0.3, 0.4) is 0 Å². The maximum atomic E-state index is 12.4. The van der Waals surface area contributed by atoms with Crippen LogP contribution in [-0.4, -0.2) is 40.6 Å². The van der Waals surface area contributed by atoms with Crippen LogP contribution in [0.2, 0.25) is 0 Å². The third-order valence-corrected chi connectivity index (χ3v) is 3.59. The summed E-state index contributed by atoms with van der Waals surface area (Å²) in [4.78, 5) is 17.1. The molecule has 4 nitrogen and oxygen atoms in total. The zero-order valence-electron chi connectivity index (χ0n) is 10.1. The lowest BCUT2D eigenvalue weighted by atomic mass is 10.1. The summed E-state index contributed by atoms with van der Waals surface area (Å²) in [6, 6.07) is 5.76. The third-order valence-electron chi connectivity index (χ3n) is 2.92. The molecule has 1 aromatic heterocycles. The maximum absolute atomic E-state index is 12.4. The smallest absolute Gasteiger partial charge is 0.256 e. The van der Waals surface area contributed by atoms with Gasteiger partial charge in [0.05, 0.1) is 12.2 Å². The predicted octanol–water partition coefficient (Wildman–Crippen LogP) is 2.38. The van der Waals surface area contributed by atoms with E-state index in [1.54, 1.807) is 11.1 Å². The van der Waals surface area contributed by atoms with E-state index >= 15 is 0 Å². The summed E-state index contributed by atoms with van der Waals surface area (Å²) < 4.78 is 0.893. The van der Waals surface area contributed by atoms with Crippen LogP contribution >= 0.6 is 15.9 Å². The number of aromatic amines is 1. The van der Waals surface area contributed by atoms with E-state index in [0.29, 0.717) is 18.7 Å². The summed E-state index contributed by atoms with van der Waals surface area (Å²) in [7, 11) is 0. The first-order chi connectivity index (χ1) is 8.69. The second-order valence-electron chi connectivity index (χ2n) is 3.97. The molecule has 1 amide bonds. The maximum Gasteiger partial charge on any atom is 0.256 e. The quantitative estimate of drug-likeness (QED) is 0.911. The molecule has 2 aromatic rings. The van der Waals surface area contributed by atoms with E-state index in [-0.39, 0.29) is 12.5 Å². The summed E-state index contributed by atoms with van der Waals surface area (Å²) in [5.74, 6) is -0.0651. The number of benzene rings is 1. The molecule has 2 rings (SSSR count). The first-order valence-corrected chi connectivity index (χ1v) is 6.64. The summed E-state index contributed by atoms with van der Waals surface area (Å²) in [6.07, 6.45) is 1.72. The van der Waals surface area contributed by atoms with Crippen LogP contribution in [0.25, 0.3) is 10.9 Å². The Balaban J connectivity index is 2.44. The number of aliphatic hydroxyl groups is 1. The highest BCUT2D eigenvalue weighted by atomic mass is 79.9. The van der Waals surface area contributed by atoms with Crippen molar-refractivity contribution in [1.82, 2.24) is 9.88 Å². The Morgan fingerprint density at radius 3 is 2.94 bits per heavy atom. The summed E-state index contributed by atoms with van der Waals surface area (Å²) in [5, 5.41) is 9.86. The molecule has 5 heteroatoms. The molecule has 0 aliphatic carbocycles. The number of hydrogen-bond acceptors (Lipinski definition) is 2. The Morgan fingerprint density at radius 2 is 2.28 bits per heavy atom. The van der Waals surface area contributed by atoms with Gasteiger partial charge in [0.25, 0.3) is 5.91 Å². The number of amides is 1. The van der Waals surface area contributed by atoms with Gasteiger partial charge in [-0.2, -0.15) is 0 Å². The SMILES string of the molecule is CCN(CCO)C(=O)c1c[nH]c2cccc(Br)c12. The lowest BCUT2D eigenvalue weighted by molar-refractivity contribution is 0.0734. The average Bonchev–Trinajstić information content (AvgIpc) is 2.80. The Kier molecular flexibility index (Phi) is 4.04. The number of fused-ring (bicyclic) bond motifs is 1. The molecular weight excluding hydrogens is 296 g/mol. The number of carbonyl (C=O) groups excluding carboxylic acids is 1. The number of aliphatic hydroxyl groups excluding tert-OH is 1. The zero-order valence-corrected chi connectivity index (χ0v) is 11.7. The van der Waals surface area contributed by atoms with Crippen LogP contribution in [0.5, 0.6) is 0 Å². The molecule has 0 aliphatic heterocycles. The van der Waals surface area contributed by atoms with Gasteiger partial charge in [0.15, 0.2) is 0 Å². The van der Waals surface area contributed by atoms with Crippen LogP contribution in [-0.2, 0) is 0 Å². The number of rotatable bonds is 4. The summed E-state index contributed by atoms with van der Waals surface area (Å²) >= 11 is 3.47. The second-order valence-corrected chi connectivity index (χ2v) is 4.83. The van der Waals surface area contributed by atoms with Crippen LogP contribution < -0.4 is 0 Å². The molecule has 0 saturated heterocycles. The van der Waals surface area contributed by atoms with Crippen molar-refractivity contribution in [2.45, 2.75) is 6.92 Å². The molecule has 0 saturated carbocycles. The van der Waals surface area contributed by atoms with Crippen LogP contribution in [0.15, 0.2) is 28.9 Å². The Labute approximate surface area is 114 Å². The van der Waals surface area contributed by atoms with Crippen LogP contribution in [0, 0.1) is 0 Å². The minimum absolute atomic E-state index is 0.0247. The van der Waals surface area contributed by atoms with Gasteiger partial charge in [-0.15, -0.1) is 0 Å². The predicted molar refractivity (Wildman–Crippen MR) is 74.7 cm³/mol. The number of nitrogens with zero attached hydrogens (tertiary/aromatic N) is 1. The Hall–Kier alpha value is -1.33. The minimum atomic E-state index is -0.0651. The van der Waals surface area contributed by atoms with Crippen LogP contribution in [0.1, 0.15) is 17.3 Å². The fourth-order valence-electron chi connectivity index (χ4n) is 2.00. The molecule has 0 unspecified atom stereocenters. The number of H-pyrrole nitrogens is 1. The van der Waals surface area contributed by atoms with Gasteiger partial charge in [-0.25, -0.2) is 0 Å². The second kappa shape index (κ2) is 5.54. The molecule has 0 spiro atoms. The van der Waals surface area contributed by atoms with Crippen molar-refractivity contribution in [2.24, 2.45) is 0 Å². The Morgan fingerprint density at radius 1 is 1.50 bits per heavy atom. The fraction of sp³-hybridized carbons (Fsp3) is 0.308. The van der Waals surface area contributed by atoms with Crippen LogP contribution in [0.4, 0.5) is 0 Å². The van der Waals surface area contributed by atoms with Crippen molar-refractivity contribution in [2.75, 3.05) is 19.7 Å². The zero-order chi connectivity index (χ0) is 13.1. The van der Waals surface area contributed by atoms with E-state index in [2.05, 4.69) is 20.9 Å². The Bertz CT molecular complexity index is 565. The van der Waals surface area contributed by atoms with Crippen molar-refractivity contribution >= 4 is 32.7 Å². The number of nitrogens with one attached hydrogen (secondary N) is 1. The van der Waals surface area contributed by atoms with Gasteiger partial charge < -0.3 is 15.0 Å². The highest BCUT2D eigenvalue weighted by Gasteiger charge is 2.18. The third kappa shape index (κ3) is 2.28. The highest BCUT2D eigenvalue weighted by molar-refractivity contribution is 9.10. The highest BCUT2D eigenvalue weighted by Crippen LogP contribution is 2.27. The number of hydrogen-bond donors (Lipinski definition) is 2. The lowest BCUT2D eigenvalue weighted by Gasteiger charge is -2.19. The van der Waals surface area contributed by atoms with E-state index in [1.165, 1.54) is 0 Å². The van der Waals surface area contributed by atoms with E-state index in [9.17, 15) is 4.79 Å². The molecule has 0 radical (unpaired) electrons. The van der Waals surface area contributed by atoms with E-state index in [4.69, 9.17) is 5.11 Å². The molecule has 0 atom stereocenters. The number of halogens is 1.